The summed E-state index contributed by atoms with van der Waals surface area (Å²) in [4.78, 5) is 8.91. The number of aromatic nitrogens is 4. The van der Waals surface area contributed by atoms with Gasteiger partial charge in [0.25, 0.3) is 0 Å². The van der Waals surface area contributed by atoms with Crippen LogP contribution < -0.4 is 10.8 Å². The first-order valence-corrected chi connectivity index (χ1v) is 12.8. The van der Waals surface area contributed by atoms with E-state index in [9.17, 15) is 12.8 Å². The van der Waals surface area contributed by atoms with E-state index in [-0.39, 0.29) is 10.8 Å². The maximum absolute atomic E-state index is 13.8. The number of hydrogen-bond acceptors (Lipinski definition) is 6. The number of sulfonamides is 1. The first kappa shape index (κ1) is 23.4. The van der Waals surface area contributed by atoms with Gasteiger partial charge in [0.15, 0.2) is 0 Å². The monoisotopic (exact) mass is 490 g/mol. The van der Waals surface area contributed by atoms with E-state index in [1.165, 1.54) is 16.4 Å². The summed E-state index contributed by atoms with van der Waals surface area (Å²) in [5.41, 5.74) is 3.41. The number of halogens is 1. The van der Waals surface area contributed by atoms with E-state index in [0.717, 1.165) is 23.1 Å². The van der Waals surface area contributed by atoms with E-state index in [0.29, 0.717) is 49.1 Å². The minimum Gasteiger partial charge on any atom is -0.366 e. The standard InChI is InChI=1S/C24H24BFN6O2S/c1-16-4-5-19(26)11-22(16)35(33,34)31-9-6-18(7-10-31)21-12-23(28-14-17-3-2-8-27-13-17)32-24(30-21)20(25)15-29-32/h2-5,8,11-13,15,18,28H,6-7,9-10,14H2,1H3. The number of pyridine rings is 1. The Balaban J connectivity index is 1.37. The first-order chi connectivity index (χ1) is 16.8. The van der Waals surface area contributed by atoms with Crippen molar-refractivity contribution in [3.63, 3.8) is 0 Å². The second-order valence-corrected chi connectivity index (χ2v) is 10.6. The summed E-state index contributed by atoms with van der Waals surface area (Å²) in [5, 5.41) is 7.73. The Labute approximate surface area is 204 Å². The number of aryl methyl sites for hydroxylation is 1. The summed E-state index contributed by atoms with van der Waals surface area (Å²) in [7, 11) is 2.34. The Morgan fingerprint density at radius 3 is 2.71 bits per heavy atom. The molecular weight excluding hydrogens is 466 g/mol. The molecule has 4 aromatic rings. The highest BCUT2D eigenvalue weighted by atomic mass is 32.2. The lowest BCUT2D eigenvalue weighted by Gasteiger charge is -2.31. The average molecular weight is 490 g/mol. The van der Waals surface area contributed by atoms with Crippen molar-refractivity contribution in [1.29, 1.82) is 0 Å². The number of piperidine rings is 1. The van der Waals surface area contributed by atoms with Gasteiger partial charge in [-0.05, 0) is 54.6 Å². The second-order valence-electron chi connectivity index (χ2n) is 8.70. The maximum atomic E-state index is 13.8. The van der Waals surface area contributed by atoms with Crippen molar-refractivity contribution < 1.29 is 12.8 Å². The van der Waals surface area contributed by atoms with E-state index < -0.39 is 15.8 Å². The molecule has 1 N–H and O–H groups in total. The summed E-state index contributed by atoms with van der Waals surface area (Å²) in [6.07, 6.45) is 6.26. The quantitative estimate of drug-likeness (QED) is 0.418. The van der Waals surface area contributed by atoms with Gasteiger partial charge in [-0.2, -0.15) is 13.9 Å². The average Bonchev–Trinajstić information content (AvgIpc) is 3.25. The van der Waals surface area contributed by atoms with Crippen molar-refractivity contribution in [3.8, 4) is 0 Å². The van der Waals surface area contributed by atoms with Crippen LogP contribution in [0.25, 0.3) is 5.65 Å². The van der Waals surface area contributed by atoms with Crippen molar-refractivity contribution in [3.05, 3.63) is 77.6 Å². The van der Waals surface area contributed by atoms with Crippen LogP contribution in [0.4, 0.5) is 10.2 Å². The molecule has 35 heavy (non-hydrogen) atoms. The summed E-state index contributed by atoms with van der Waals surface area (Å²) in [6, 6.07) is 9.65. The highest BCUT2D eigenvalue weighted by molar-refractivity contribution is 7.89. The van der Waals surface area contributed by atoms with Gasteiger partial charge in [-0.1, -0.05) is 12.1 Å². The Bertz CT molecular complexity index is 1470. The molecular formula is C24H24BFN6O2S. The highest BCUT2D eigenvalue weighted by Crippen LogP contribution is 2.32. The van der Waals surface area contributed by atoms with Crippen LogP contribution in [-0.2, 0) is 16.6 Å². The Morgan fingerprint density at radius 1 is 1.17 bits per heavy atom. The molecule has 8 nitrogen and oxygen atoms in total. The minimum atomic E-state index is -3.78. The van der Waals surface area contributed by atoms with Crippen LogP contribution in [0.5, 0.6) is 0 Å². The fraction of sp³-hybridized carbons (Fsp3) is 0.292. The van der Waals surface area contributed by atoms with E-state index in [2.05, 4.69) is 15.4 Å². The third-order valence-electron chi connectivity index (χ3n) is 6.36. The fourth-order valence-corrected chi connectivity index (χ4v) is 6.12. The third kappa shape index (κ3) is 4.65. The highest BCUT2D eigenvalue weighted by Gasteiger charge is 2.32. The topological polar surface area (TPSA) is 92.5 Å². The van der Waals surface area contributed by atoms with Gasteiger partial charge >= 0.3 is 0 Å². The molecule has 0 bridgehead atoms. The molecule has 0 spiro atoms. The second kappa shape index (κ2) is 9.39. The van der Waals surface area contributed by atoms with Gasteiger partial charge in [0, 0.05) is 55.9 Å². The maximum Gasteiger partial charge on any atom is 0.243 e. The van der Waals surface area contributed by atoms with Crippen LogP contribution in [-0.4, -0.2) is 53.2 Å². The fourth-order valence-electron chi connectivity index (χ4n) is 4.41. The Hall–Kier alpha value is -3.31. The molecule has 4 heterocycles. The molecule has 2 radical (unpaired) electrons. The van der Waals surface area contributed by atoms with Crippen LogP contribution in [0.15, 0.2) is 59.9 Å². The third-order valence-corrected chi connectivity index (χ3v) is 8.40. The minimum absolute atomic E-state index is 0.0180. The van der Waals surface area contributed by atoms with E-state index in [4.69, 9.17) is 12.8 Å². The summed E-state index contributed by atoms with van der Waals surface area (Å²) >= 11 is 0. The normalized spacial score (nSPS) is 15.5. The van der Waals surface area contributed by atoms with Crippen molar-refractivity contribution in [2.45, 2.75) is 37.1 Å². The molecule has 1 saturated heterocycles. The van der Waals surface area contributed by atoms with Crippen LogP contribution in [0, 0.1) is 12.7 Å². The largest absolute Gasteiger partial charge is 0.366 e. The van der Waals surface area contributed by atoms with Gasteiger partial charge in [-0.3, -0.25) is 4.98 Å². The number of nitrogens with zero attached hydrogens (tertiary/aromatic N) is 5. The molecule has 1 fully saturated rings. The zero-order valence-electron chi connectivity index (χ0n) is 19.2. The van der Waals surface area contributed by atoms with Crippen LogP contribution >= 0.6 is 0 Å². The van der Waals surface area contributed by atoms with Gasteiger partial charge in [0.1, 0.15) is 25.1 Å². The number of benzene rings is 1. The Kier molecular flexibility index (Phi) is 6.29. The molecule has 0 aliphatic carbocycles. The van der Waals surface area contributed by atoms with E-state index >= 15 is 0 Å². The predicted octanol–water partition coefficient (Wildman–Crippen LogP) is 2.55. The number of hydrogen-bond donors (Lipinski definition) is 1. The number of anilines is 1. The molecule has 0 saturated carbocycles. The van der Waals surface area contributed by atoms with Gasteiger partial charge in [0.2, 0.25) is 10.0 Å². The van der Waals surface area contributed by atoms with Crippen LogP contribution in [0.2, 0.25) is 0 Å². The van der Waals surface area contributed by atoms with Crippen molar-refractivity contribution in [2.24, 2.45) is 0 Å². The summed E-state index contributed by atoms with van der Waals surface area (Å²) in [6.45, 7) is 2.87. The molecule has 1 aromatic carbocycles. The van der Waals surface area contributed by atoms with Crippen LogP contribution in [0.3, 0.4) is 0 Å². The number of rotatable bonds is 6. The van der Waals surface area contributed by atoms with Gasteiger partial charge < -0.3 is 5.32 Å². The molecule has 1 aliphatic rings. The summed E-state index contributed by atoms with van der Waals surface area (Å²) in [5.74, 6) is 0.232. The van der Waals surface area contributed by atoms with Crippen molar-refractivity contribution in [2.75, 3.05) is 18.4 Å². The number of nitrogens with one attached hydrogen (secondary N) is 1. The lowest BCUT2D eigenvalue weighted by atomic mass is 9.94. The van der Waals surface area contributed by atoms with E-state index in [1.807, 2.05) is 18.2 Å². The van der Waals surface area contributed by atoms with Crippen LogP contribution in [0.1, 0.15) is 35.6 Å². The lowest BCUT2D eigenvalue weighted by molar-refractivity contribution is 0.316. The SMILES string of the molecule is [B]c1cnn2c(NCc3cccnc3)cc(C3CCN(S(=O)(=O)c4cc(F)ccc4C)CC3)nc12. The Morgan fingerprint density at radius 2 is 1.97 bits per heavy atom. The van der Waals surface area contributed by atoms with Crippen molar-refractivity contribution in [1.82, 2.24) is 23.9 Å². The molecule has 3 aromatic heterocycles. The zero-order valence-corrected chi connectivity index (χ0v) is 20.0. The molecule has 0 amide bonds. The molecule has 5 rings (SSSR count). The molecule has 1 aliphatic heterocycles. The number of fused-ring (bicyclic) bond motifs is 1. The zero-order chi connectivity index (χ0) is 24.6. The molecule has 11 heteroatoms. The predicted molar refractivity (Wildman–Crippen MR) is 132 cm³/mol. The summed E-state index contributed by atoms with van der Waals surface area (Å²) < 4.78 is 43.2. The van der Waals surface area contributed by atoms with Crippen molar-refractivity contribution >= 4 is 34.8 Å². The van der Waals surface area contributed by atoms with E-state index in [1.54, 1.807) is 30.0 Å². The van der Waals surface area contributed by atoms with Gasteiger partial charge in [0.05, 0.1) is 4.90 Å². The smallest absolute Gasteiger partial charge is 0.243 e. The molecule has 0 atom stereocenters. The molecule has 178 valence electrons. The van der Waals surface area contributed by atoms with Gasteiger partial charge in [-0.15, -0.1) is 0 Å². The molecule has 0 unspecified atom stereocenters. The van der Waals surface area contributed by atoms with Gasteiger partial charge in [-0.25, -0.2) is 17.8 Å². The first-order valence-electron chi connectivity index (χ1n) is 11.4. The lowest BCUT2D eigenvalue weighted by Crippen LogP contribution is -2.38.